The van der Waals surface area contributed by atoms with Crippen LogP contribution in [-0.4, -0.2) is 9.55 Å². The van der Waals surface area contributed by atoms with Crippen molar-refractivity contribution in [2.45, 2.75) is 52.5 Å². The predicted octanol–water partition coefficient (Wildman–Crippen LogP) is 2.92. The highest BCUT2D eigenvalue weighted by atomic mass is 15.2. The highest BCUT2D eigenvalue weighted by molar-refractivity contribution is 5.22. The standard InChI is InChI=1S/C12H21N3/c1-9-8-15(11(13)14-9)10-5-4-6-12(2,3)7-10/h8,10H,4-7H2,1-3H3,(H2,13,14). The van der Waals surface area contributed by atoms with Gasteiger partial charge in [0.25, 0.3) is 0 Å². The Morgan fingerprint density at radius 3 is 2.80 bits per heavy atom. The highest BCUT2D eigenvalue weighted by Crippen LogP contribution is 2.41. The molecule has 1 aromatic rings. The van der Waals surface area contributed by atoms with Crippen molar-refractivity contribution in [2.75, 3.05) is 5.73 Å². The Bertz CT molecular complexity index is 352. The monoisotopic (exact) mass is 207 g/mol. The van der Waals surface area contributed by atoms with Gasteiger partial charge in [-0.3, -0.25) is 0 Å². The summed E-state index contributed by atoms with van der Waals surface area (Å²) in [6.45, 7) is 6.69. The zero-order valence-electron chi connectivity index (χ0n) is 9.95. The van der Waals surface area contributed by atoms with Crippen LogP contribution in [0.15, 0.2) is 6.20 Å². The van der Waals surface area contributed by atoms with Crippen molar-refractivity contribution in [3.63, 3.8) is 0 Å². The van der Waals surface area contributed by atoms with Crippen LogP contribution in [0.5, 0.6) is 0 Å². The molecule has 0 saturated heterocycles. The van der Waals surface area contributed by atoms with Crippen molar-refractivity contribution >= 4 is 5.95 Å². The van der Waals surface area contributed by atoms with Gasteiger partial charge < -0.3 is 10.3 Å². The molecule has 1 aliphatic rings. The van der Waals surface area contributed by atoms with E-state index in [1.54, 1.807) is 0 Å². The summed E-state index contributed by atoms with van der Waals surface area (Å²) in [7, 11) is 0. The summed E-state index contributed by atoms with van der Waals surface area (Å²) in [4.78, 5) is 4.27. The molecule has 0 aliphatic heterocycles. The summed E-state index contributed by atoms with van der Waals surface area (Å²) in [5.41, 5.74) is 7.39. The molecule has 0 amide bonds. The lowest BCUT2D eigenvalue weighted by molar-refractivity contribution is 0.184. The number of aryl methyl sites for hydroxylation is 1. The van der Waals surface area contributed by atoms with E-state index >= 15 is 0 Å². The molecule has 1 aliphatic carbocycles. The first kappa shape index (κ1) is 10.5. The fraction of sp³-hybridized carbons (Fsp3) is 0.750. The van der Waals surface area contributed by atoms with Gasteiger partial charge in [-0.05, 0) is 31.6 Å². The Kier molecular flexibility index (Phi) is 2.49. The van der Waals surface area contributed by atoms with Gasteiger partial charge in [-0.25, -0.2) is 4.98 Å². The second-order valence-corrected chi connectivity index (χ2v) is 5.56. The number of nitrogens with two attached hydrogens (primary N) is 1. The third kappa shape index (κ3) is 2.16. The molecular formula is C12H21N3. The third-order valence-electron chi connectivity index (χ3n) is 3.45. The average Bonchev–Trinajstić information content (AvgIpc) is 2.43. The van der Waals surface area contributed by atoms with Crippen LogP contribution in [-0.2, 0) is 0 Å². The van der Waals surface area contributed by atoms with Gasteiger partial charge >= 0.3 is 0 Å². The van der Waals surface area contributed by atoms with Crippen LogP contribution >= 0.6 is 0 Å². The van der Waals surface area contributed by atoms with E-state index in [1.807, 2.05) is 6.92 Å². The van der Waals surface area contributed by atoms with Crippen molar-refractivity contribution in [2.24, 2.45) is 5.41 Å². The Hall–Kier alpha value is -0.990. The predicted molar refractivity (Wildman–Crippen MR) is 62.7 cm³/mol. The Morgan fingerprint density at radius 2 is 2.27 bits per heavy atom. The lowest BCUT2D eigenvalue weighted by atomic mass is 9.75. The van der Waals surface area contributed by atoms with Gasteiger partial charge in [0.05, 0.1) is 5.69 Å². The van der Waals surface area contributed by atoms with E-state index < -0.39 is 0 Å². The normalized spacial score (nSPS) is 25.4. The molecule has 0 spiro atoms. The molecule has 1 heterocycles. The van der Waals surface area contributed by atoms with Crippen LogP contribution < -0.4 is 5.73 Å². The van der Waals surface area contributed by atoms with Crippen molar-refractivity contribution in [1.82, 2.24) is 9.55 Å². The molecule has 1 aromatic heterocycles. The third-order valence-corrected chi connectivity index (χ3v) is 3.45. The van der Waals surface area contributed by atoms with E-state index in [1.165, 1.54) is 25.7 Å². The van der Waals surface area contributed by atoms with Crippen molar-refractivity contribution in [3.8, 4) is 0 Å². The molecule has 84 valence electrons. The highest BCUT2D eigenvalue weighted by Gasteiger charge is 2.29. The number of aromatic nitrogens is 2. The van der Waals surface area contributed by atoms with Gasteiger partial charge in [-0.2, -0.15) is 0 Å². The number of rotatable bonds is 1. The average molecular weight is 207 g/mol. The van der Waals surface area contributed by atoms with Crippen LogP contribution in [0.4, 0.5) is 5.95 Å². The Morgan fingerprint density at radius 1 is 1.53 bits per heavy atom. The molecular weight excluding hydrogens is 186 g/mol. The molecule has 0 radical (unpaired) electrons. The van der Waals surface area contributed by atoms with Gasteiger partial charge in [-0.1, -0.05) is 20.3 Å². The van der Waals surface area contributed by atoms with Crippen LogP contribution in [0, 0.1) is 12.3 Å². The number of nitrogens with zero attached hydrogens (tertiary/aromatic N) is 2. The zero-order valence-corrected chi connectivity index (χ0v) is 9.95. The molecule has 3 heteroatoms. The number of hydrogen-bond donors (Lipinski definition) is 1. The van der Waals surface area contributed by atoms with Gasteiger partial charge in [0.1, 0.15) is 0 Å². The molecule has 0 bridgehead atoms. The fourth-order valence-electron chi connectivity index (χ4n) is 2.72. The van der Waals surface area contributed by atoms with Crippen molar-refractivity contribution < 1.29 is 0 Å². The first-order valence-electron chi connectivity index (χ1n) is 5.79. The van der Waals surface area contributed by atoms with E-state index in [2.05, 4.69) is 29.6 Å². The molecule has 3 nitrogen and oxygen atoms in total. The van der Waals surface area contributed by atoms with Crippen LogP contribution in [0.25, 0.3) is 0 Å². The molecule has 1 atom stereocenters. The number of nitrogen functional groups attached to an aromatic ring is 1. The molecule has 15 heavy (non-hydrogen) atoms. The SMILES string of the molecule is Cc1cn(C2CCCC(C)(C)C2)c(N)n1. The second kappa shape index (κ2) is 3.54. The summed E-state index contributed by atoms with van der Waals surface area (Å²) in [5, 5.41) is 0. The van der Waals surface area contributed by atoms with E-state index in [0.717, 1.165) is 5.69 Å². The summed E-state index contributed by atoms with van der Waals surface area (Å²) in [6.07, 6.45) is 7.17. The first-order chi connectivity index (χ1) is 6.98. The summed E-state index contributed by atoms with van der Waals surface area (Å²) in [6, 6.07) is 0.551. The minimum absolute atomic E-state index is 0.452. The van der Waals surface area contributed by atoms with E-state index in [-0.39, 0.29) is 0 Å². The Balaban J connectivity index is 2.20. The minimum atomic E-state index is 0.452. The van der Waals surface area contributed by atoms with Crippen molar-refractivity contribution in [1.29, 1.82) is 0 Å². The number of imidazole rings is 1. The maximum atomic E-state index is 5.91. The molecule has 2 N–H and O–H groups in total. The maximum absolute atomic E-state index is 5.91. The van der Waals surface area contributed by atoms with Crippen molar-refractivity contribution in [3.05, 3.63) is 11.9 Å². The van der Waals surface area contributed by atoms with Gasteiger partial charge in [0, 0.05) is 12.2 Å². The van der Waals surface area contributed by atoms with Crippen LogP contribution in [0.2, 0.25) is 0 Å². The van der Waals surface area contributed by atoms with E-state index in [9.17, 15) is 0 Å². The first-order valence-corrected chi connectivity index (χ1v) is 5.79. The van der Waals surface area contributed by atoms with Crippen LogP contribution in [0.1, 0.15) is 51.3 Å². The van der Waals surface area contributed by atoms with E-state index in [4.69, 9.17) is 5.73 Å². The number of anilines is 1. The maximum Gasteiger partial charge on any atom is 0.200 e. The smallest absolute Gasteiger partial charge is 0.200 e. The summed E-state index contributed by atoms with van der Waals surface area (Å²) in [5.74, 6) is 0.676. The van der Waals surface area contributed by atoms with E-state index in [0.29, 0.717) is 17.4 Å². The zero-order chi connectivity index (χ0) is 11.1. The summed E-state index contributed by atoms with van der Waals surface area (Å²) >= 11 is 0. The lowest BCUT2D eigenvalue weighted by Crippen LogP contribution is -2.25. The van der Waals surface area contributed by atoms with Gasteiger partial charge in [0.2, 0.25) is 5.95 Å². The Labute approximate surface area is 91.7 Å². The fourth-order valence-corrected chi connectivity index (χ4v) is 2.72. The van der Waals surface area contributed by atoms with Gasteiger partial charge in [-0.15, -0.1) is 0 Å². The molecule has 0 aromatic carbocycles. The molecule has 1 saturated carbocycles. The van der Waals surface area contributed by atoms with Crippen LogP contribution in [0.3, 0.4) is 0 Å². The number of hydrogen-bond acceptors (Lipinski definition) is 2. The lowest BCUT2D eigenvalue weighted by Gasteiger charge is -2.36. The largest absolute Gasteiger partial charge is 0.369 e. The molecule has 1 fully saturated rings. The van der Waals surface area contributed by atoms with Gasteiger partial charge in [0.15, 0.2) is 0 Å². The quantitative estimate of drug-likeness (QED) is 0.769. The topological polar surface area (TPSA) is 43.8 Å². The minimum Gasteiger partial charge on any atom is -0.369 e. The summed E-state index contributed by atoms with van der Waals surface area (Å²) < 4.78 is 2.16. The molecule has 2 rings (SSSR count). The second-order valence-electron chi connectivity index (χ2n) is 5.56. The molecule has 1 unspecified atom stereocenters.